The maximum atomic E-state index is 12.6. The van der Waals surface area contributed by atoms with E-state index in [0.29, 0.717) is 32.1 Å². The van der Waals surface area contributed by atoms with Gasteiger partial charge in [0.2, 0.25) is 5.95 Å². The van der Waals surface area contributed by atoms with Gasteiger partial charge >= 0.3 is 0 Å². The highest BCUT2D eigenvalue weighted by atomic mass is 32.2. The van der Waals surface area contributed by atoms with Gasteiger partial charge < -0.3 is 4.90 Å². The van der Waals surface area contributed by atoms with E-state index in [-0.39, 0.29) is 0 Å². The van der Waals surface area contributed by atoms with Crippen LogP contribution in [0, 0.1) is 5.92 Å². The van der Waals surface area contributed by atoms with Crippen LogP contribution < -0.4 is 4.90 Å². The van der Waals surface area contributed by atoms with Gasteiger partial charge in [0.15, 0.2) is 0 Å². The number of anilines is 1. The van der Waals surface area contributed by atoms with E-state index in [1.807, 2.05) is 26.2 Å². The Bertz CT molecular complexity index is 714. The molecule has 0 bridgehead atoms. The normalized spacial score (nSPS) is 22.7. The summed E-state index contributed by atoms with van der Waals surface area (Å²) in [7, 11) is -3.33. The zero-order chi connectivity index (χ0) is 20.1. The maximum absolute atomic E-state index is 12.6. The van der Waals surface area contributed by atoms with Crippen LogP contribution in [0.3, 0.4) is 0 Å². The van der Waals surface area contributed by atoms with Crippen LogP contribution in [0.2, 0.25) is 0 Å². The molecule has 0 aromatic carbocycles. The predicted molar refractivity (Wildman–Crippen MR) is 111 cm³/mol. The Balaban J connectivity index is 1.52. The van der Waals surface area contributed by atoms with Gasteiger partial charge in [-0.2, -0.15) is 17.0 Å². The van der Waals surface area contributed by atoms with Gasteiger partial charge in [-0.25, -0.2) is 9.97 Å². The molecular weight excluding hydrogens is 376 g/mol. The van der Waals surface area contributed by atoms with Crippen molar-refractivity contribution in [1.82, 2.24) is 23.5 Å². The number of nitrogens with zero attached hydrogens (tertiary/aromatic N) is 6. The standard InChI is InChI=1S/C19H34N6O2S/c1-4-24(5-2)28(26,27)25-11-9-22(10-12-25)16-18-13-20-19(21-14-18)23-8-6-7-17(3)15-23/h13-14,17H,4-12,15-16H2,1-3H3/t17-/m1/s1. The minimum absolute atomic E-state index is 0.512. The summed E-state index contributed by atoms with van der Waals surface area (Å²) in [5.74, 6) is 1.52. The van der Waals surface area contributed by atoms with Gasteiger partial charge in [0.25, 0.3) is 10.2 Å². The molecule has 0 amide bonds. The lowest BCUT2D eigenvalue weighted by Gasteiger charge is -2.36. The fourth-order valence-corrected chi connectivity index (χ4v) is 5.66. The second-order valence-corrected chi connectivity index (χ2v) is 9.78. The van der Waals surface area contributed by atoms with Crippen molar-refractivity contribution < 1.29 is 8.42 Å². The monoisotopic (exact) mass is 410 g/mol. The fraction of sp³-hybridized carbons (Fsp3) is 0.789. The summed E-state index contributed by atoms with van der Waals surface area (Å²) >= 11 is 0. The number of piperazine rings is 1. The summed E-state index contributed by atoms with van der Waals surface area (Å²) in [6.45, 7) is 12.4. The SMILES string of the molecule is CCN(CC)S(=O)(=O)N1CCN(Cc2cnc(N3CCC[C@@H](C)C3)nc2)CC1. The zero-order valence-corrected chi connectivity index (χ0v) is 18.2. The highest BCUT2D eigenvalue weighted by molar-refractivity contribution is 7.86. The van der Waals surface area contributed by atoms with Crippen molar-refractivity contribution in [2.24, 2.45) is 5.92 Å². The number of hydrogen-bond donors (Lipinski definition) is 0. The van der Waals surface area contributed by atoms with Crippen molar-refractivity contribution in [1.29, 1.82) is 0 Å². The molecular formula is C19H34N6O2S. The molecule has 1 aromatic heterocycles. The molecule has 0 radical (unpaired) electrons. The number of rotatable bonds is 7. The Morgan fingerprint density at radius 2 is 1.71 bits per heavy atom. The van der Waals surface area contributed by atoms with Crippen LogP contribution >= 0.6 is 0 Å². The lowest BCUT2D eigenvalue weighted by atomic mass is 10.0. The average molecular weight is 411 g/mol. The average Bonchev–Trinajstić information content (AvgIpc) is 2.70. The third-order valence-electron chi connectivity index (χ3n) is 5.73. The molecule has 1 atom stereocenters. The van der Waals surface area contributed by atoms with Gasteiger partial charge in [0.1, 0.15) is 0 Å². The molecule has 0 aliphatic carbocycles. The summed E-state index contributed by atoms with van der Waals surface area (Å²) in [6, 6.07) is 0. The molecule has 9 heteroatoms. The van der Waals surface area contributed by atoms with Gasteiger partial charge in [0, 0.05) is 76.9 Å². The Kier molecular flexibility index (Phi) is 7.25. The van der Waals surface area contributed by atoms with Gasteiger partial charge in [0.05, 0.1) is 0 Å². The second kappa shape index (κ2) is 9.47. The van der Waals surface area contributed by atoms with E-state index in [1.165, 1.54) is 17.1 Å². The Labute approximate surface area is 169 Å². The second-order valence-electron chi connectivity index (χ2n) is 7.85. The maximum Gasteiger partial charge on any atom is 0.282 e. The van der Waals surface area contributed by atoms with Crippen molar-refractivity contribution in [3.05, 3.63) is 18.0 Å². The molecule has 2 saturated heterocycles. The summed E-state index contributed by atoms with van der Waals surface area (Å²) in [4.78, 5) is 13.7. The molecule has 2 aliphatic rings. The Morgan fingerprint density at radius 1 is 1.07 bits per heavy atom. The number of piperidine rings is 1. The van der Waals surface area contributed by atoms with E-state index in [9.17, 15) is 8.42 Å². The van der Waals surface area contributed by atoms with Crippen molar-refractivity contribution in [2.75, 3.05) is 57.3 Å². The number of aromatic nitrogens is 2. The van der Waals surface area contributed by atoms with Crippen molar-refractivity contribution >= 4 is 16.2 Å². The quantitative estimate of drug-likeness (QED) is 0.677. The van der Waals surface area contributed by atoms with Crippen molar-refractivity contribution in [3.63, 3.8) is 0 Å². The smallest absolute Gasteiger partial charge is 0.282 e. The molecule has 3 rings (SSSR count). The summed E-state index contributed by atoms with van der Waals surface area (Å²) in [6.07, 6.45) is 6.32. The first-order valence-electron chi connectivity index (χ1n) is 10.5. The largest absolute Gasteiger partial charge is 0.341 e. The summed E-state index contributed by atoms with van der Waals surface area (Å²) in [5.41, 5.74) is 1.08. The van der Waals surface area contributed by atoms with E-state index in [1.54, 1.807) is 4.31 Å². The van der Waals surface area contributed by atoms with Gasteiger partial charge in [-0.1, -0.05) is 20.8 Å². The molecule has 3 heterocycles. The molecule has 158 valence electrons. The van der Waals surface area contributed by atoms with E-state index in [0.717, 1.165) is 44.2 Å². The van der Waals surface area contributed by atoms with E-state index in [4.69, 9.17) is 0 Å². The van der Waals surface area contributed by atoms with E-state index in [2.05, 4.69) is 26.7 Å². The summed E-state index contributed by atoms with van der Waals surface area (Å²) < 4.78 is 28.4. The topological polar surface area (TPSA) is 72.9 Å². The van der Waals surface area contributed by atoms with Crippen LogP contribution in [-0.4, -0.2) is 84.3 Å². The molecule has 8 nitrogen and oxygen atoms in total. The van der Waals surface area contributed by atoms with Crippen LogP contribution in [0.25, 0.3) is 0 Å². The predicted octanol–water partition coefficient (Wildman–Crippen LogP) is 1.42. The minimum atomic E-state index is -3.33. The molecule has 28 heavy (non-hydrogen) atoms. The number of hydrogen-bond acceptors (Lipinski definition) is 6. The lowest BCUT2D eigenvalue weighted by Crippen LogP contribution is -2.52. The highest BCUT2D eigenvalue weighted by Crippen LogP contribution is 2.20. The minimum Gasteiger partial charge on any atom is -0.341 e. The molecule has 2 aliphatic heterocycles. The van der Waals surface area contributed by atoms with Crippen LogP contribution in [0.1, 0.15) is 39.2 Å². The van der Waals surface area contributed by atoms with Crippen LogP contribution in [-0.2, 0) is 16.8 Å². The van der Waals surface area contributed by atoms with Crippen LogP contribution in [0.5, 0.6) is 0 Å². The molecule has 0 N–H and O–H groups in total. The highest BCUT2D eigenvalue weighted by Gasteiger charge is 2.30. The first-order chi connectivity index (χ1) is 13.4. The molecule has 1 aromatic rings. The van der Waals surface area contributed by atoms with Crippen LogP contribution in [0.4, 0.5) is 5.95 Å². The molecule has 2 fully saturated rings. The van der Waals surface area contributed by atoms with Gasteiger partial charge in [-0.05, 0) is 18.8 Å². The third-order valence-corrected chi connectivity index (χ3v) is 7.91. The molecule has 0 spiro atoms. The van der Waals surface area contributed by atoms with E-state index < -0.39 is 10.2 Å². The third kappa shape index (κ3) is 5.00. The van der Waals surface area contributed by atoms with Gasteiger partial charge in [-0.15, -0.1) is 0 Å². The van der Waals surface area contributed by atoms with E-state index >= 15 is 0 Å². The molecule has 0 unspecified atom stereocenters. The Morgan fingerprint density at radius 3 is 2.29 bits per heavy atom. The first-order valence-corrected chi connectivity index (χ1v) is 11.9. The first kappa shape index (κ1) is 21.4. The molecule has 0 saturated carbocycles. The van der Waals surface area contributed by atoms with Crippen LogP contribution in [0.15, 0.2) is 12.4 Å². The summed E-state index contributed by atoms with van der Waals surface area (Å²) in [5, 5.41) is 0. The van der Waals surface area contributed by atoms with Crippen molar-refractivity contribution in [2.45, 2.75) is 40.2 Å². The van der Waals surface area contributed by atoms with Gasteiger partial charge in [-0.3, -0.25) is 4.90 Å². The Hall–Kier alpha value is -1.29. The fourth-order valence-electron chi connectivity index (χ4n) is 4.05. The lowest BCUT2D eigenvalue weighted by molar-refractivity contribution is 0.175. The zero-order valence-electron chi connectivity index (χ0n) is 17.4. The van der Waals surface area contributed by atoms with Crippen molar-refractivity contribution in [3.8, 4) is 0 Å².